The van der Waals surface area contributed by atoms with Crippen molar-refractivity contribution in [1.29, 1.82) is 0 Å². The van der Waals surface area contributed by atoms with Gasteiger partial charge in [-0.05, 0) is 19.1 Å². The Hall–Kier alpha value is -1.46. The number of fused-ring (bicyclic) bond motifs is 1. The number of hydrogen-bond donors (Lipinski definition) is 2. The van der Waals surface area contributed by atoms with E-state index in [1.165, 1.54) is 0 Å². The minimum absolute atomic E-state index is 0.0121. The normalized spacial score (nSPS) is 27.1. The van der Waals surface area contributed by atoms with Gasteiger partial charge in [-0.3, -0.25) is 5.32 Å². The largest absolute Gasteiger partial charge is 0.484 e. The van der Waals surface area contributed by atoms with E-state index in [-0.39, 0.29) is 12.3 Å². The summed E-state index contributed by atoms with van der Waals surface area (Å²) in [4.78, 5) is 2.25. The number of piperazine rings is 1. The summed E-state index contributed by atoms with van der Waals surface area (Å²) in [6.07, 6.45) is 0.121. The average Bonchev–Trinajstić information content (AvgIpc) is 2.37. The summed E-state index contributed by atoms with van der Waals surface area (Å²) >= 11 is 0. The first-order valence-electron chi connectivity index (χ1n) is 6.40. The van der Waals surface area contributed by atoms with Crippen molar-refractivity contribution in [2.75, 3.05) is 31.1 Å². The van der Waals surface area contributed by atoms with Crippen molar-refractivity contribution in [3.63, 3.8) is 0 Å². The number of nitrogens with one attached hydrogen (secondary N) is 1. The minimum atomic E-state index is 0.0121. The third-order valence-corrected chi connectivity index (χ3v) is 3.29. The van der Waals surface area contributed by atoms with Crippen molar-refractivity contribution in [1.82, 2.24) is 5.32 Å². The van der Waals surface area contributed by atoms with Crippen molar-refractivity contribution in [2.24, 2.45) is 5.73 Å². The number of benzene rings is 1. The van der Waals surface area contributed by atoms with Crippen LogP contribution in [-0.2, 0) is 0 Å². The molecule has 5 nitrogen and oxygen atoms in total. The molecule has 0 saturated carbocycles. The number of nitrogens with zero attached hydrogens (tertiary/aromatic N) is 1. The fourth-order valence-corrected chi connectivity index (χ4v) is 2.44. The van der Waals surface area contributed by atoms with Crippen molar-refractivity contribution >= 4 is 5.69 Å². The van der Waals surface area contributed by atoms with Crippen LogP contribution in [0.1, 0.15) is 6.92 Å². The lowest BCUT2D eigenvalue weighted by Gasteiger charge is -2.36. The number of para-hydroxylation sites is 1. The van der Waals surface area contributed by atoms with Crippen LogP contribution in [0.2, 0.25) is 0 Å². The summed E-state index contributed by atoms with van der Waals surface area (Å²) in [5.41, 5.74) is 7.02. The summed E-state index contributed by atoms with van der Waals surface area (Å²) in [6, 6.07) is 6.02. The molecule has 1 saturated heterocycles. The molecule has 2 heterocycles. The van der Waals surface area contributed by atoms with Crippen molar-refractivity contribution in [2.45, 2.75) is 19.2 Å². The minimum Gasteiger partial charge on any atom is -0.484 e. The van der Waals surface area contributed by atoms with Crippen LogP contribution in [0.3, 0.4) is 0 Å². The lowest BCUT2D eigenvalue weighted by molar-refractivity contribution is 0.104. The summed E-state index contributed by atoms with van der Waals surface area (Å²) < 4.78 is 11.6. The highest BCUT2D eigenvalue weighted by atomic mass is 16.6. The fourth-order valence-electron chi connectivity index (χ4n) is 2.44. The predicted molar refractivity (Wildman–Crippen MR) is 70.2 cm³/mol. The molecule has 1 fully saturated rings. The topological polar surface area (TPSA) is 59.8 Å². The quantitative estimate of drug-likeness (QED) is 0.761. The van der Waals surface area contributed by atoms with Gasteiger partial charge in [-0.25, -0.2) is 0 Å². The maximum absolute atomic E-state index is 5.94. The van der Waals surface area contributed by atoms with Crippen LogP contribution < -0.4 is 25.4 Å². The molecule has 18 heavy (non-hydrogen) atoms. The van der Waals surface area contributed by atoms with Gasteiger partial charge in [0.15, 0.2) is 11.5 Å². The number of nitrogens with two attached hydrogens (primary N) is 1. The Kier molecular flexibility index (Phi) is 3.01. The average molecular weight is 249 g/mol. The van der Waals surface area contributed by atoms with Gasteiger partial charge in [-0.15, -0.1) is 0 Å². The molecule has 0 bridgehead atoms. The van der Waals surface area contributed by atoms with E-state index < -0.39 is 0 Å². The van der Waals surface area contributed by atoms with Crippen LogP contribution in [0.25, 0.3) is 0 Å². The predicted octanol–water partition coefficient (Wildman–Crippen LogP) is 0.541. The molecule has 0 aliphatic carbocycles. The van der Waals surface area contributed by atoms with Crippen LogP contribution in [-0.4, -0.2) is 38.5 Å². The van der Waals surface area contributed by atoms with Gasteiger partial charge in [-0.1, -0.05) is 6.07 Å². The van der Waals surface area contributed by atoms with Crippen LogP contribution >= 0.6 is 0 Å². The zero-order valence-corrected chi connectivity index (χ0v) is 10.6. The Morgan fingerprint density at radius 1 is 1.44 bits per heavy atom. The Morgan fingerprint density at radius 2 is 2.33 bits per heavy atom. The Labute approximate surface area is 107 Å². The zero-order chi connectivity index (χ0) is 12.5. The number of anilines is 1. The number of hydrogen-bond acceptors (Lipinski definition) is 5. The highest BCUT2D eigenvalue weighted by molar-refractivity contribution is 5.65. The SMILES string of the molecule is CC1COc2c(cccc2N2CCNC(N)C2)O1. The Balaban J connectivity index is 1.90. The molecule has 5 heteroatoms. The molecule has 0 radical (unpaired) electrons. The molecule has 3 N–H and O–H groups in total. The van der Waals surface area contributed by atoms with Crippen LogP contribution in [0.4, 0.5) is 5.69 Å². The lowest BCUT2D eigenvalue weighted by Crippen LogP contribution is -2.55. The van der Waals surface area contributed by atoms with Gasteiger partial charge in [0.25, 0.3) is 0 Å². The van der Waals surface area contributed by atoms with E-state index in [1.807, 2.05) is 19.1 Å². The molecule has 1 aromatic rings. The van der Waals surface area contributed by atoms with Crippen LogP contribution in [0.15, 0.2) is 18.2 Å². The number of ether oxygens (including phenoxy) is 2. The zero-order valence-electron chi connectivity index (χ0n) is 10.6. The van der Waals surface area contributed by atoms with Gasteiger partial charge in [0.1, 0.15) is 12.7 Å². The standard InChI is InChI=1S/C13H19N3O2/c1-9-8-17-13-10(3-2-4-11(13)18-9)16-6-5-15-12(14)7-16/h2-4,9,12,15H,5-8,14H2,1H3. The first-order chi connectivity index (χ1) is 8.74. The third kappa shape index (κ3) is 2.11. The van der Waals surface area contributed by atoms with Crippen LogP contribution in [0.5, 0.6) is 11.5 Å². The smallest absolute Gasteiger partial charge is 0.184 e. The van der Waals surface area contributed by atoms with Gasteiger partial charge in [-0.2, -0.15) is 0 Å². The molecular formula is C13H19N3O2. The monoisotopic (exact) mass is 249 g/mol. The van der Waals surface area contributed by atoms with Crippen molar-refractivity contribution in [3.05, 3.63) is 18.2 Å². The maximum atomic E-state index is 5.94. The second kappa shape index (κ2) is 4.66. The van der Waals surface area contributed by atoms with E-state index in [4.69, 9.17) is 15.2 Å². The summed E-state index contributed by atoms with van der Waals surface area (Å²) in [5, 5.41) is 3.23. The van der Waals surface area contributed by atoms with Crippen LogP contribution in [0, 0.1) is 0 Å². The fraction of sp³-hybridized carbons (Fsp3) is 0.538. The molecule has 1 aromatic carbocycles. The van der Waals surface area contributed by atoms with E-state index in [2.05, 4.69) is 16.3 Å². The summed E-state index contributed by atoms with van der Waals surface area (Å²) in [6.45, 7) is 5.22. The van der Waals surface area contributed by atoms with Gasteiger partial charge in [0.05, 0.1) is 11.9 Å². The number of rotatable bonds is 1. The van der Waals surface area contributed by atoms with Gasteiger partial charge in [0.2, 0.25) is 0 Å². The molecule has 2 unspecified atom stereocenters. The first-order valence-corrected chi connectivity index (χ1v) is 6.40. The second-order valence-electron chi connectivity index (χ2n) is 4.85. The molecule has 0 amide bonds. The van der Waals surface area contributed by atoms with E-state index in [9.17, 15) is 0 Å². The molecular weight excluding hydrogens is 230 g/mol. The molecule has 0 aromatic heterocycles. The molecule has 98 valence electrons. The maximum Gasteiger partial charge on any atom is 0.184 e. The third-order valence-electron chi connectivity index (χ3n) is 3.29. The van der Waals surface area contributed by atoms with Crippen molar-refractivity contribution in [3.8, 4) is 11.5 Å². The van der Waals surface area contributed by atoms with E-state index in [0.29, 0.717) is 6.61 Å². The van der Waals surface area contributed by atoms with Gasteiger partial charge >= 0.3 is 0 Å². The van der Waals surface area contributed by atoms with E-state index >= 15 is 0 Å². The van der Waals surface area contributed by atoms with E-state index in [0.717, 1.165) is 36.8 Å². The molecule has 2 aliphatic rings. The molecule has 0 spiro atoms. The van der Waals surface area contributed by atoms with E-state index in [1.54, 1.807) is 0 Å². The van der Waals surface area contributed by atoms with Crippen molar-refractivity contribution < 1.29 is 9.47 Å². The second-order valence-corrected chi connectivity index (χ2v) is 4.85. The summed E-state index contributed by atoms with van der Waals surface area (Å²) in [7, 11) is 0. The summed E-state index contributed by atoms with van der Waals surface area (Å²) in [5.74, 6) is 1.68. The lowest BCUT2D eigenvalue weighted by atomic mass is 10.2. The molecule has 3 rings (SSSR count). The Bertz CT molecular complexity index is 438. The Morgan fingerprint density at radius 3 is 3.17 bits per heavy atom. The highest BCUT2D eigenvalue weighted by Gasteiger charge is 2.25. The molecule has 2 aliphatic heterocycles. The molecule has 2 atom stereocenters. The van der Waals surface area contributed by atoms with Gasteiger partial charge in [0, 0.05) is 19.6 Å². The first kappa shape index (κ1) is 11.6. The highest BCUT2D eigenvalue weighted by Crippen LogP contribution is 2.40. The van der Waals surface area contributed by atoms with Gasteiger partial charge < -0.3 is 20.1 Å².